The van der Waals surface area contributed by atoms with E-state index in [9.17, 15) is 9.59 Å². The van der Waals surface area contributed by atoms with E-state index in [1.165, 1.54) is 6.92 Å². The Bertz CT molecular complexity index is 535. The average molecular weight is 252 g/mol. The van der Waals surface area contributed by atoms with Crippen LogP contribution in [0.2, 0.25) is 0 Å². The predicted molar refractivity (Wildman–Crippen MR) is 65.4 cm³/mol. The minimum atomic E-state index is -1.29. The molecule has 0 aromatic carbocycles. The highest BCUT2D eigenvalue weighted by Gasteiger charge is 2.15. The molecule has 1 aromatic heterocycles. The van der Waals surface area contributed by atoms with Crippen LogP contribution in [0.1, 0.15) is 17.4 Å². The molecular weight excluding hydrogens is 240 g/mol. The third kappa shape index (κ3) is 3.07. The van der Waals surface area contributed by atoms with Crippen LogP contribution < -0.4 is 22.5 Å². The Hall–Kier alpha value is -2.84. The lowest BCUT2D eigenvalue weighted by Gasteiger charge is -2.10. The van der Waals surface area contributed by atoms with Gasteiger partial charge < -0.3 is 27.6 Å². The molecule has 0 aliphatic carbocycles. The molecule has 0 aliphatic heterocycles. The summed E-state index contributed by atoms with van der Waals surface area (Å²) < 4.78 is 0. The number of carbonyl (C=O) groups excluding carboxylic acids is 1. The molecule has 1 amide bonds. The van der Waals surface area contributed by atoms with E-state index >= 15 is 0 Å². The summed E-state index contributed by atoms with van der Waals surface area (Å²) in [6.07, 6.45) is 0. The number of hydrogen-bond acceptors (Lipinski definition) is 5. The van der Waals surface area contributed by atoms with Crippen LogP contribution in [0.25, 0.3) is 0 Å². The van der Waals surface area contributed by atoms with Gasteiger partial charge in [0.15, 0.2) is 17.5 Å². The van der Waals surface area contributed by atoms with Crippen LogP contribution in [0.3, 0.4) is 0 Å². The molecule has 0 aliphatic rings. The van der Waals surface area contributed by atoms with Crippen LogP contribution in [0, 0.1) is 0 Å². The van der Waals surface area contributed by atoms with E-state index in [1.54, 1.807) is 0 Å². The number of aromatic carboxylic acids is 1. The first-order valence-corrected chi connectivity index (χ1v) is 4.72. The van der Waals surface area contributed by atoms with Gasteiger partial charge in [-0.05, 0) is 6.07 Å². The van der Waals surface area contributed by atoms with Gasteiger partial charge in [-0.3, -0.25) is 4.79 Å². The number of nitrogens with two attached hydrogens (primary N) is 3. The number of nitrogens with zero attached hydrogens (tertiary/aromatic N) is 2. The van der Waals surface area contributed by atoms with Gasteiger partial charge in [0.1, 0.15) is 5.69 Å². The van der Waals surface area contributed by atoms with Crippen LogP contribution >= 0.6 is 0 Å². The van der Waals surface area contributed by atoms with Crippen LogP contribution in [0.4, 0.5) is 17.2 Å². The third-order valence-electron chi connectivity index (χ3n) is 1.79. The first-order valence-electron chi connectivity index (χ1n) is 4.72. The molecule has 0 saturated heterocycles. The van der Waals surface area contributed by atoms with E-state index in [2.05, 4.69) is 15.3 Å². The number of aromatic nitrogens is 1. The standard InChI is InChI=1S/C9H12N6O3/c1-3(16)13-6-4(10)2-5(8(17)18)14-7(6)15-9(11)12/h2H,1H3,(H,13,16)(H,17,18)(H6,10,11,12,14,15). The van der Waals surface area contributed by atoms with Crippen molar-refractivity contribution in [3.05, 3.63) is 11.8 Å². The molecule has 1 rings (SSSR count). The van der Waals surface area contributed by atoms with Crippen LogP contribution in [0.5, 0.6) is 0 Å². The molecule has 18 heavy (non-hydrogen) atoms. The molecule has 0 saturated carbocycles. The number of carboxylic acids is 1. The number of amides is 1. The summed E-state index contributed by atoms with van der Waals surface area (Å²) >= 11 is 0. The second-order valence-electron chi connectivity index (χ2n) is 3.32. The molecule has 9 nitrogen and oxygen atoms in total. The molecule has 8 N–H and O–H groups in total. The normalized spacial score (nSPS) is 9.61. The summed E-state index contributed by atoms with van der Waals surface area (Å²) in [7, 11) is 0. The zero-order chi connectivity index (χ0) is 13.9. The number of carbonyl (C=O) groups is 2. The highest BCUT2D eigenvalue weighted by molar-refractivity contribution is 5.99. The molecule has 96 valence electrons. The number of anilines is 2. The minimum Gasteiger partial charge on any atom is -0.477 e. The summed E-state index contributed by atoms with van der Waals surface area (Å²) in [5.74, 6) is -2.21. The Morgan fingerprint density at radius 3 is 2.50 bits per heavy atom. The van der Waals surface area contributed by atoms with Crippen LogP contribution in [0.15, 0.2) is 11.1 Å². The second kappa shape index (κ2) is 4.99. The molecule has 0 unspecified atom stereocenters. The smallest absolute Gasteiger partial charge is 0.354 e. The summed E-state index contributed by atoms with van der Waals surface area (Å²) in [6.45, 7) is 1.25. The largest absolute Gasteiger partial charge is 0.477 e. The minimum absolute atomic E-state index is 0.00222. The number of nitrogen functional groups attached to an aromatic ring is 1. The summed E-state index contributed by atoms with van der Waals surface area (Å²) in [6, 6.07) is 1.10. The summed E-state index contributed by atoms with van der Waals surface area (Å²) in [5.41, 5.74) is 15.7. The molecule has 0 bridgehead atoms. The van der Waals surface area contributed by atoms with E-state index in [0.29, 0.717) is 0 Å². The van der Waals surface area contributed by atoms with Gasteiger partial charge in [-0.2, -0.15) is 4.99 Å². The van der Waals surface area contributed by atoms with E-state index < -0.39 is 11.9 Å². The number of guanidine groups is 1. The highest BCUT2D eigenvalue weighted by atomic mass is 16.4. The lowest BCUT2D eigenvalue weighted by molar-refractivity contribution is -0.114. The molecule has 0 fully saturated rings. The van der Waals surface area contributed by atoms with E-state index in [4.69, 9.17) is 22.3 Å². The number of carboxylic acid groups (broad SMARTS) is 1. The maximum Gasteiger partial charge on any atom is 0.354 e. The van der Waals surface area contributed by atoms with Gasteiger partial charge in [0.25, 0.3) is 0 Å². The van der Waals surface area contributed by atoms with Crippen LogP contribution in [-0.4, -0.2) is 27.9 Å². The van der Waals surface area contributed by atoms with Crippen molar-refractivity contribution in [3.8, 4) is 0 Å². The number of aliphatic imine (C=N–C) groups is 1. The molecular formula is C9H12N6O3. The van der Waals surface area contributed by atoms with Gasteiger partial charge in [0.05, 0.1) is 5.69 Å². The Morgan fingerprint density at radius 1 is 1.44 bits per heavy atom. The number of hydrogen-bond donors (Lipinski definition) is 5. The van der Waals surface area contributed by atoms with Gasteiger partial charge in [-0.1, -0.05) is 0 Å². The molecule has 0 radical (unpaired) electrons. The van der Waals surface area contributed by atoms with Gasteiger partial charge in [-0.25, -0.2) is 9.78 Å². The Labute approximate surface area is 102 Å². The number of pyridine rings is 1. The fourth-order valence-corrected chi connectivity index (χ4v) is 1.17. The van der Waals surface area contributed by atoms with E-state index in [0.717, 1.165) is 6.07 Å². The fraction of sp³-hybridized carbons (Fsp3) is 0.111. The average Bonchev–Trinajstić information content (AvgIpc) is 2.21. The predicted octanol–water partition coefficient (Wildman–Crippen LogP) is -0.775. The van der Waals surface area contributed by atoms with Gasteiger partial charge >= 0.3 is 5.97 Å². The van der Waals surface area contributed by atoms with Crippen molar-refractivity contribution in [2.45, 2.75) is 6.92 Å². The van der Waals surface area contributed by atoms with Crippen LogP contribution in [-0.2, 0) is 4.79 Å². The van der Waals surface area contributed by atoms with Gasteiger partial charge in [0.2, 0.25) is 5.91 Å². The van der Waals surface area contributed by atoms with Crippen molar-refractivity contribution in [2.24, 2.45) is 16.5 Å². The van der Waals surface area contributed by atoms with Gasteiger partial charge in [-0.15, -0.1) is 0 Å². The first kappa shape index (κ1) is 13.2. The number of nitrogens with one attached hydrogen (secondary N) is 1. The second-order valence-corrected chi connectivity index (χ2v) is 3.32. The Kier molecular flexibility index (Phi) is 3.67. The zero-order valence-corrected chi connectivity index (χ0v) is 9.47. The quantitative estimate of drug-likeness (QED) is 0.347. The Morgan fingerprint density at radius 2 is 2.06 bits per heavy atom. The van der Waals surface area contributed by atoms with Crippen molar-refractivity contribution in [3.63, 3.8) is 0 Å². The van der Waals surface area contributed by atoms with E-state index in [1.807, 2.05) is 0 Å². The number of rotatable bonds is 3. The molecule has 0 spiro atoms. The maximum atomic E-state index is 11.0. The topological polar surface area (TPSA) is 170 Å². The lowest BCUT2D eigenvalue weighted by Crippen LogP contribution is -2.22. The summed E-state index contributed by atoms with van der Waals surface area (Å²) in [5, 5.41) is 11.2. The monoisotopic (exact) mass is 252 g/mol. The highest BCUT2D eigenvalue weighted by Crippen LogP contribution is 2.29. The SMILES string of the molecule is CC(=O)Nc1c(N)cc(C(=O)O)nc1N=C(N)N. The molecule has 1 heterocycles. The molecule has 0 atom stereocenters. The van der Waals surface area contributed by atoms with Crippen molar-refractivity contribution in [2.75, 3.05) is 11.1 Å². The lowest BCUT2D eigenvalue weighted by atomic mass is 10.2. The molecule has 1 aromatic rings. The molecule has 9 heteroatoms. The zero-order valence-electron chi connectivity index (χ0n) is 9.47. The van der Waals surface area contributed by atoms with Crippen molar-refractivity contribution in [1.82, 2.24) is 4.98 Å². The Balaban J connectivity index is 3.44. The first-order chi connectivity index (χ1) is 8.31. The fourth-order valence-electron chi connectivity index (χ4n) is 1.17. The van der Waals surface area contributed by atoms with Crippen molar-refractivity contribution >= 4 is 35.0 Å². The van der Waals surface area contributed by atoms with Crippen molar-refractivity contribution < 1.29 is 14.7 Å². The maximum absolute atomic E-state index is 11.0. The third-order valence-corrected chi connectivity index (χ3v) is 1.79. The van der Waals surface area contributed by atoms with Crippen molar-refractivity contribution in [1.29, 1.82) is 0 Å². The van der Waals surface area contributed by atoms with Gasteiger partial charge in [0, 0.05) is 6.92 Å². The van der Waals surface area contributed by atoms with E-state index in [-0.39, 0.29) is 28.8 Å². The summed E-state index contributed by atoms with van der Waals surface area (Å²) in [4.78, 5) is 29.1.